The van der Waals surface area contributed by atoms with Crippen LogP contribution in [-0.2, 0) is 16.0 Å². The molecule has 0 bridgehead atoms. The van der Waals surface area contributed by atoms with Crippen LogP contribution in [0.5, 0.6) is 0 Å². The number of likely N-dealkylation sites (N-methyl/N-ethyl adjacent to an activating group) is 1. The molecule has 122 valence electrons. The molecule has 0 aliphatic carbocycles. The van der Waals surface area contributed by atoms with Crippen LogP contribution in [-0.4, -0.2) is 67.7 Å². The summed E-state index contributed by atoms with van der Waals surface area (Å²) >= 11 is 0. The van der Waals surface area contributed by atoms with Crippen molar-refractivity contribution in [2.24, 2.45) is 5.73 Å². The average Bonchev–Trinajstić information content (AvgIpc) is 2.59. The second-order valence-electron chi connectivity index (χ2n) is 5.60. The predicted octanol–water partition coefficient (Wildman–Crippen LogP) is 0.737. The van der Waals surface area contributed by atoms with Crippen molar-refractivity contribution >= 4 is 5.91 Å². The fourth-order valence-electron chi connectivity index (χ4n) is 2.74. The molecule has 2 rings (SSSR count). The molecule has 0 spiro atoms. The number of nitrogens with two attached hydrogens (primary N) is 1. The van der Waals surface area contributed by atoms with Gasteiger partial charge in [-0.1, -0.05) is 37.3 Å². The fraction of sp³-hybridized carbons (Fsp3) is 0.588. The highest BCUT2D eigenvalue weighted by Crippen LogP contribution is 2.09. The summed E-state index contributed by atoms with van der Waals surface area (Å²) in [6.45, 7) is 7.02. The molecule has 0 radical (unpaired) electrons. The Hall–Kier alpha value is -1.43. The first kappa shape index (κ1) is 16.9. The summed E-state index contributed by atoms with van der Waals surface area (Å²) in [6.07, 6.45) is 0.493. The van der Waals surface area contributed by atoms with Crippen LogP contribution >= 0.6 is 0 Å². The number of nitrogens with zero attached hydrogens (tertiary/aromatic N) is 2. The van der Waals surface area contributed by atoms with E-state index in [0.717, 1.165) is 19.5 Å². The SMILES string of the molecule is CCN1CCOC(C(=O)N(CCN)CCc2ccccc2)C1. The van der Waals surface area contributed by atoms with Crippen molar-refractivity contribution in [1.82, 2.24) is 9.80 Å². The van der Waals surface area contributed by atoms with Crippen LogP contribution in [0.25, 0.3) is 0 Å². The molecule has 5 heteroatoms. The number of rotatable bonds is 7. The van der Waals surface area contributed by atoms with E-state index >= 15 is 0 Å². The van der Waals surface area contributed by atoms with Crippen LogP contribution in [0, 0.1) is 0 Å². The summed E-state index contributed by atoms with van der Waals surface area (Å²) in [5.74, 6) is 0.0690. The van der Waals surface area contributed by atoms with Crippen molar-refractivity contribution in [3.05, 3.63) is 35.9 Å². The first-order valence-corrected chi connectivity index (χ1v) is 8.11. The molecule has 1 aliphatic heterocycles. The molecule has 1 fully saturated rings. The van der Waals surface area contributed by atoms with Crippen molar-refractivity contribution in [1.29, 1.82) is 0 Å². The molecule has 1 atom stereocenters. The number of ether oxygens (including phenoxy) is 1. The standard InChI is InChI=1S/C17H27N3O2/c1-2-19-12-13-22-16(14-19)17(21)20(11-9-18)10-8-15-6-4-3-5-7-15/h3-7,16H,2,8-14,18H2,1H3. The zero-order chi connectivity index (χ0) is 15.8. The molecule has 0 saturated carbocycles. The molecule has 5 nitrogen and oxygen atoms in total. The molecule has 1 amide bonds. The highest BCUT2D eigenvalue weighted by atomic mass is 16.5. The van der Waals surface area contributed by atoms with Crippen LogP contribution < -0.4 is 5.73 Å². The Kier molecular flexibility index (Phi) is 6.83. The van der Waals surface area contributed by atoms with E-state index in [1.165, 1.54) is 5.56 Å². The third kappa shape index (κ3) is 4.80. The van der Waals surface area contributed by atoms with Gasteiger partial charge in [0.1, 0.15) is 6.10 Å². The molecular formula is C17H27N3O2. The molecule has 0 aromatic heterocycles. The average molecular weight is 305 g/mol. The third-order valence-electron chi connectivity index (χ3n) is 4.10. The minimum Gasteiger partial charge on any atom is -0.366 e. The van der Waals surface area contributed by atoms with Crippen molar-refractivity contribution < 1.29 is 9.53 Å². The predicted molar refractivity (Wildman–Crippen MR) is 87.6 cm³/mol. The van der Waals surface area contributed by atoms with Gasteiger partial charge in [0.15, 0.2) is 0 Å². The lowest BCUT2D eigenvalue weighted by atomic mass is 10.1. The topological polar surface area (TPSA) is 58.8 Å². The number of hydrogen-bond donors (Lipinski definition) is 1. The minimum absolute atomic E-state index is 0.0690. The zero-order valence-corrected chi connectivity index (χ0v) is 13.4. The molecule has 2 N–H and O–H groups in total. The Morgan fingerprint density at radius 1 is 1.36 bits per heavy atom. The number of carbonyl (C=O) groups is 1. The van der Waals surface area contributed by atoms with E-state index in [4.69, 9.17) is 10.5 Å². The highest BCUT2D eigenvalue weighted by Gasteiger charge is 2.29. The maximum Gasteiger partial charge on any atom is 0.253 e. The lowest BCUT2D eigenvalue weighted by Gasteiger charge is -2.34. The molecule has 1 saturated heterocycles. The Labute approximate surface area is 133 Å². The summed E-state index contributed by atoms with van der Waals surface area (Å²) in [7, 11) is 0. The van der Waals surface area contributed by atoms with E-state index < -0.39 is 0 Å². The van der Waals surface area contributed by atoms with Crippen LogP contribution in [0.1, 0.15) is 12.5 Å². The van der Waals surface area contributed by atoms with Gasteiger partial charge < -0.3 is 15.4 Å². The van der Waals surface area contributed by atoms with Gasteiger partial charge in [0, 0.05) is 32.7 Å². The largest absolute Gasteiger partial charge is 0.366 e. The van der Waals surface area contributed by atoms with Crippen LogP contribution in [0.2, 0.25) is 0 Å². The van der Waals surface area contributed by atoms with Crippen molar-refractivity contribution in [3.63, 3.8) is 0 Å². The lowest BCUT2D eigenvalue weighted by Crippen LogP contribution is -2.52. The molecule has 22 heavy (non-hydrogen) atoms. The monoisotopic (exact) mass is 305 g/mol. The van der Waals surface area contributed by atoms with Crippen molar-refractivity contribution in [2.75, 3.05) is 45.9 Å². The van der Waals surface area contributed by atoms with Crippen LogP contribution in [0.3, 0.4) is 0 Å². The summed E-state index contributed by atoms with van der Waals surface area (Å²) in [5, 5.41) is 0. The first-order chi connectivity index (χ1) is 10.7. The molecule has 1 heterocycles. The molecular weight excluding hydrogens is 278 g/mol. The number of benzene rings is 1. The maximum absolute atomic E-state index is 12.7. The lowest BCUT2D eigenvalue weighted by molar-refractivity contribution is -0.149. The van der Waals surface area contributed by atoms with Gasteiger partial charge in [0.25, 0.3) is 5.91 Å². The van der Waals surface area contributed by atoms with E-state index in [1.54, 1.807) is 0 Å². The van der Waals surface area contributed by atoms with E-state index in [-0.39, 0.29) is 12.0 Å². The zero-order valence-electron chi connectivity index (χ0n) is 13.4. The Morgan fingerprint density at radius 3 is 2.82 bits per heavy atom. The quantitative estimate of drug-likeness (QED) is 0.807. The number of carbonyl (C=O) groups excluding carboxylic acids is 1. The summed E-state index contributed by atoms with van der Waals surface area (Å²) in [5.41, 5.74) is 6.91. The van der Waals surface area contributed by atoms with Crippen molar-refractivity contribution in [3.8, 4) is 0 Å². The summed E-state index contributed by atoms with van der Waals surface area (Å²) in [6, 6.07) is 10.2. The molecule has 1 unspecified atom stereocenters. The van der Waals surface area contributed by atoms with Crippen LogP contribution in [0.15, 0.2) is 30.3 Å². The molecule has 1 aromatic carbocycles. The van der Waals surface area contributed by atoms with E-state index in [0.29, 0.717) is 32.8 Å². The fourth-order valence-corrected chi connectivity index (χ4v) is 2.74. The smallest absolute Gasteiger partial charge is 0.253 e. The summed E-state index contributed by atoms with van der Waals surface area (Å²) < 4.78 is 5.68. The van der Waals surface area contributed by atoms with E-state index in [2.05, 4.69) is 24.0 Å². The van der Waals surface area contributed by atoms with E-state index in [1.807, 2.05) is 23.1 Å². The van der Waals surface area contributed by atoms with Gasteiger partial charge in [-0.05, 0) is 18.5 Å². The van der Waals surface area contributed by atoms with Crippen molar-refractivity contribution in [2.45, 2.75) is 19.4 Å². The molecule has 1 aromatic rings. The maximum atomic E-state index is 12.7. The second-order valence-corrected chi connectivity index (χ2v) is 5.60. The van der Waals surface area contributed by atoms with Gasteiger partial charge in [0.05, 0.1) is 6.61 Å². The van der Waals surface area contributed by atoms with Gasteiger partial charge >= 0.3 is 0 Å². The van der Waals surface area contributed by atoms with Gasteiger partial charge in [-0.25, -0.2) is 0 Å². The third-order valence-corrected chi connectivity index (χ3v) is 4.10. The van der Waals surface area contributed by atoms with Crippen LogP contribution in [0.4, 0.5) is 0 Å². The number of hydrogen-bond acceptors (Lipinski definition) is 4. The van der Waals surface area contributed by atoms with Gasteiger partial charge in [-0.3, -0.25) is 9.69 Å². The highest BCUT2D eigenvalue weighted by molar-refractivity contribution is 5.81. The first-order valence-electron chi connectivity index (χ1n) is 8.11. The number of morpholine rings is 1. The Bertz CT molecular complexity index is 452. The second kappa shape index (κ2) is 8.88. The minimum atomic E-state index is -0.351. The van der Waals surface area contributed by atoms with Gasteiger partial charge in [-0.2, -0.15) is 0 Å². The number of amides is 1. The summed E-state index contributed by atoms with van der Waals surface area (Å²) in [4.78, 5) is 16.8. The molecule has 1 aliphatic rings. The van der Waals surface area contributed by atoms with Gasteiger partial charge in [-0.15, -0.1) is 0 Å². The van der Waals surface area contributed by atoms with E-state index in [9.17, 15) is 4.79 Å². The Morgan fingerprint density at radius 2 is 2.14 bits per heavy atom. The Balaban J connectivity index is 1.92. The van der Waals surface area contributed by atoms with Gasteiger partial charge in [0.2, 0.25) is 0 Å². The normalized spacial score (nSPS) is 19.1.